The Kier molecular flexibility index (Phi) is 8.78. The molecule has 1 aromatic heterocycles. The minimum Gasteiger partial charge on any atom is -0.450 e. The quantitative estimate of drug-likeness (QED) is 0.0626. The summed E-state index contributed by atoms with van der Waals surface area (Å²) in [7, 11) is 0. The van der Waals surface area contributed by atoms with Gasteiger partial charge in [0.2, 0.25) is 17.6 Å². The number of ketones is 1. The molecule has 228 valence electrons. The van der Waals surface area contributed by atoms with Gasteiger partial charge in [-0.05, 0) is 60.9 Å². The van der Waals surface area contributed by atoms with Gasteiger partial charge in [0, 0.05) is 33.8 Å². The van der Waals surface area contributed by atoms with Crippen LogP contribution in [0, 0.1) is 17.8 Å². The van der Waals surface area contributed by atoms with Crippen molar-refractivity contribution in [1.29, 1.82) is 0 Å². The largest absolute Gasteiger partial charge is 0.450 e. The van der Waals surface area contributed by atoms with Crippen molar-refractivity contribution in [1.82, 2.24) is 4.98 Å². The predicted octanol–water partition coefficient (Wildman–Crippen LogP) is 7.95. The van der Waals surface area contributed by atoms with Crippen LogP contribution < -0.4 is 4.90 Å². The summed E-state index contributed by atoms with van der Waals surface area (Å²) in [5, 5.41) is 1.25. The number of imide groups is 1. The summed E-state index contributed by atoms with van der Waals surface area (Å²) in [6.07, 6.45) is 3.49. The van der Waals surface area contributed by atoms with Crippen molar-refractivity contribution in [2.45, 2.75) is 25.9 Å². The van der Waals surface area contributed by atoms with Crippen LogP contribution >= 0.6 is 34.8 Å². The Labute approximate surface area is 274 Å². The number of fused-ring (bicyclic) bond motifs is 2. The maximum Gasteiger partial charge on any atom is 0.339 e. The zero-order chi connectivity index (χ0) is 31.8. The van der Waals surface area contributed by atoms with E-state index in [9.17, 15) is 19.2 Å². The molecule has 2 amide bonds. The Morgan fingerprint density at radius 3 is 2.42 bits per heavy atom. The fourth-order valence-corrected chi connectivity index (χ4v) is 6.59. The molecule has 10 heteroatoms. The summed E-state index contributed by atoms with van der Waals surface area (Å²) >= 11 is 18.5. The summed E-state index contributed by atoms with van der Waals surface area (Å²) in [5.41, 5.74) is 2.39. The lowest BCUT2D eigenvalue weighted by molar-refractivity contribution is -0.122. The normalized spacial score (nSPS) is 19.9. The first-order valence-corrected chi connectivity index (χ1v) is 15.8. The number of rotatable bonds is 8. The fraction of sp³-hybridized carbons (Fsp3) is 0.229. The topological polar surface area (TPSA) is 93.6 Å². The average Bonchev–Trinajstić information content (AvgIpc) is 3.30. The molecule has 1 saturated heterocycles. The number of nitrogens with zero attached hydrogens (tertiary/aromatic N) is 2. The molecule has 7 nitrogen and oxygen atoms in total. The lowest BCUT2D eigenvalue weighted by atomic mass is 9.78. The Balaban J connectivity index is 1.32. The van der Waals surface area contributed by atoms with Crippen molar-refractivity contribution in [3.05, 3.63) is 106 Å². The van der Waals surface area contributed by atoms with E-state index in [1.165, 1.54) is 4.90 Å². The molecule has 0 radical (unpaired) electrons. The monoisotopic (exact) mass is 660 g/mol. The number of alkyl halides is 1. The van der Waals surface area contributed by atoms with Gasteiger partial charge in [0.05, 0.1) is 39.3 Å². The van der Waals surface area contributed by atoms with Gasteiger partial charge in [-0.3, -0.25) is 19.3 Å². The molecule has 1 fully saturated rings. The third-order valence-corrected chi connectivity index (χ3v) is 9.12. The van der Waals surface area contributed by atoms with E-state index in [-0.39, 0.29) is 47.4 Å². The zero-order valence-corrected chi connectivity index (χ0v) is 26.4. The number of carbonyl (C=O) groups is 4. The van der Waals surface area contributed by atoms with Crippen molar-refractivity contribution in [3.8, 4) is 11.3 Å². The number of para-hydroxylation sites is 1. The first-order valence-electron chi connectivity index (χ1n) is 14.5. The Hall–Kier alpha value is -4.04. The summed E-state index contributed by atoms with van der Waals surface area (Å²) in [6.45, 7) is 1.95. The molecule has 3 aromatic carbocycles. The second-order valence-corrected chi connectivity index (χ2v) is 12.4. The van der Waals surface area contributed by atoms with Gasteiger partial charge in [-0.25, -0.2) is 9.78 Å². The van der Waals surface area contributed by atoms with Crippen LogP contribution in [0.4, 0.5) is 5.69 Å². The highest BCUT2D eigenvalue weighted by molar-refractivity contribution is 6.35. The molecule has 0 saturated carbocycles. The molecule has 6 rings (SSSR count). The van der Waals surface area contributed by atoms with E-state index in [2.05, 4.69) is 0 Å². The van der Waals surface area contributed by atoms with Crippen LogP contribution in [0.25, 0.3) is 22.2 Å². The van der Waals surface area contributed by atoms with Gasteiger partial charge in [-0.2, -0.15) is 0 Å². The van der Waals surface area contributed by atoms with E-state index in [1.54, 1.807) is 72.8 Å². The third kappa shape index (κ3) is 5.88. The number of anilines is 1. The average molecular weight is 662 g/mol. The van der Waals surface area contributed by atoms with Crippen LogP contribution in [0.3, 0.4) is 0 Å². The van der Waals surface area contributed by atoms with Gasteiger partial charge in [-0.15, -0.1) is 11.6 Å². The number of esters is 1. The van der Waals surface area contributed by atoms with Crippen molar-refractivity contribution in [2.75, 3.05) is 10.8 Å². The number of amides is 2. The fourth-order valence-electron chi connectivity index (χ4n) is 6.05. The SMILES string of the molecule is CC1C=CCC2C(=O)N(c3ccc(-c4cc(C(=O)OC(CCCl)C(=O)c5ccc(Cl)cc5)c5cccc(Cl)c5n4)cc3)C(=O)C12. The van der Waals surface area contributed by atoms with E-state index >= 15 is 0 Å². The molecule has 1 aliphatic heterocycles. The second kappa shape index (κ2) is 12.8. The van der Waals surface area contributed by atoms with Crippen molar-refractivity contribution in [2.24, 2.45) is 17.8 Å². The lowest BCUT2D eigenvalue weighted by Crippen LogP contribution is -2.31. The number of hydrogen-bond donors (Lipinski definition) is 0. The molecular formula is C35H27Cl3N2O5. The Bertz CT molecular complexity index is 1860. The highest BCUT2D eigenvalue weighted by Gasteiger charge is 2.50. The predicted molar refractivity (Wildman–Crippen MR) is 175 cm³/mol. The maximum absolute atomic E-state index is 13.7. The number of Topliss-reactive ketones (excluding diaryl/α,β-unsaturated/α-hetero) is 1. The number of carbonyl (C=O) groups excluding carboxylic acids is 4. The van der Waals surface area contributed by atoms with Gasteiger partial charge in [0.25, 0.3) is 0 Å². The first-order chi connectivity index (χ1) is 21.7. The molecule has 1 aliphatic carbocycles. The maximum atomic E-state index is 13.7. The molecule has 4 unspecified atom stereocenters. The number of hydrogen-bond acceptors (Lipinski definition) is 6. The third-order valence-electron chi connectivity index (χ3n) is 8.35. The molecule has 2 heterocycles. The molecule has 0 spiro atoms. The van der Waals surface area contributed by atoms with E-state index < -0.39 is 17.9 Å². The molecule has 4 aromatic rings. The van der Waals surface area contributed by atoms with Crippen LogP contribution in [0.5, 0.6) is 0 Å². The number of allylic oxidation sites excluding steroid dienone is 2. The van der Waals surface area contributed by atoms with Crippen molar-refractivity contribution in [3.63, 3.8) is 0 Å². The minimum atomic E-state index is -1.13. The summed E-state index contributed by atoms with van der Waals surface area (Å²) in [6, 6.07) is 19.8. The summed E-state index contributed by atoms with van der Waals surface area (Å²) in [5.74, 6) is -2.18. The van der Waals surface area contributed by atoms with E-state index in [0.29, 0.717) is 49.9 Å². The molecule has 45 heavy (non-hydrogen) atoms. The van der Waals surface area contributed by atoms with Crippen molar-refractivity contribution < 1.29 is 23.9 Å². The second-order valence-electron chi connectivity index (χ2n) is 11.1. The van der Waals surface area contributed by atoms with Gasteiger partial charge >= 0.3 is 5.97 Å². The van der Waals surface area contributed by atoms with Crippen LogP contribution in [-0.2, 0) is 14.3 Å². The molecular weight excluding hydrogens is 635 g/mol. The van der Waals surface area contributed by atoms with Gasteiger partial charge in [0.1, 0.15) is 0 Å². The van der Waals surface area contributed by atoms with Crippen LogP contribution in [0.1, 0.15) is 40.5 Å². The number of benzene rings is 3. The number of aromatic nitrogens is 1. The smallest absolute Gasteiger partial charge is 0.339 e. The van der Waals surface area contributed by atoms with Crippen molar-refractivity contribution >= 4 is 75.0 Å². The van der Waals surface area contributed by atoms with Gasteiger partial charge in [0.15, 0.2) is 6.10 Å². The van der Waals surface area contributed by atoms with Gasteiger partial charge < -0.3 is 4.74 Å². The van der Waals surface area contributed by atoms with Crippen LogP contribution in [0.15, 0.2) is 84.9 Å². The molecule has 0 N–H and O–H groups in total. The van der Waals surface area contributed by atoms with E-state index in [4.69, 9.17) is 44.5 Å². The zero-order valence-electron chi connectivity index (χ0n) is 24.1. The summed E-state index contributed by atoms with van der Waals surface area (Å²) < 4.78 is 5.76. The summed E-state index contributed by atoms with van der Waals surface area (Å²) in [4.78, 5) is 59.4. The standard InChI is InChI=1S/C35H27Cl3N2O5/c1-19-4-2-6-25-30(19)34(43)40(33(25)42)23-14-10-20(11-15-23)28-18-26(24-5-3-7-27(38)31(24)39-28)35(44)45-29(16-17-36)32(41)21-8-12-22(37)13-9-21/h2-5,7-15,18-19,25,29-30H,6,16-17H2,1H3. The van der Waals surface area contributed by atoms with Crippen LogP contribution in [0.2, 0.25) is 10.0 Å². The number of pyridine rings is 1. The van der Waals surface area contributed by atoms with Crippen LogP contribution in [-0.4, -0.2) is 40.5 Å². The first kappa shape index (κ1) is 31.0. The van der Waals surface area contributed by atoms with Gasteiger partial charge in [-0.1, -0.05) is 66.5 Å². The lowest BCUT2D eigenvalue weighted by Gasteiger charge is -2.22. The highest BCUT2D eigenvalue weighted by atomic mass is 35.5. The van der Waals surface area contributed by atoms with E-state index in [0.717, 1.165) is 0 Å². The Morgan fingerprint density at radius 1 is 1.00 bits per heavy atom. The highest BCUT2D eigenvalue weighted by Crippen LogP contribution is 2.41. The molecule has 0 bridgehead atoms. The number of halogens is 3. The minimum absolute atomic E-state index is 0.0142. The molecule has 4 atom stereocenters. The molecule has 2 aliphatic rings. The Morgan fingerprint density at radius 2 is 1.73 bits per heavy atom. The number of ether oxygens (including phenoxy) is 1. The van der Waals surface area contributed by atoms with E-state index in [1.807, 2.05) is 19.1 Å².